The second-order valence-corrected chi connectivity index (χ2v) is 5.84. The maximum absolute atomic E-state index is 12.0. The van der Waals surface area contributed by atoms with Crippen LogP contribution >= 0.6 is 11.6 Å². The molecule has 0 aliphatic carbocycles. The highest BCUT2D eigenvalue weighted by atomic mass is 35.5. The lowest BCUT2D eigenvalue weighted by Crippen LogP contribution is -2.30. The van der Waals surface area contributed by atoms with Crippen LogP contribution in [0.1, 0.15) is 30.8 Å². The topological polar surface area (TPSA) is 55.1 Å². The fraction of sp³-hybridized carbons (Fsp3) is 0.333. The molecule has 0 saturated carbocycles. The molecule has 1 N–H and O–H groups in total. The van der Waals surface area contributed by atoms with Crippen molar-refractivity contribution in [2.75, 3.05) is 0 Å². The fourth-order valence-electron chi connectivity index (χ4n) is 2.03. The van der Waals surface area contributed by atoms with Gasteiger partial charge in [-0.3, -0.25) is 4.79 Å². The van der Waals surface area contributed by atoms with E-state index >= 15 is 0 Å². The Morgan fingerprint density at radius 3 is 2.50 bits per heavy atom. The maximum Gasteiger partial charge on any atom is 0.206 e. The predicted molar refractivity (Wildman–Crippen MR) is 79.6 cm³/mol. The SMILES string of the molecule is Cc1ccc(Cl)cc1-n1nc(C(C)(C)O)c(=O)cc1C. The number of hydrogen-bond donors (Lipinski definition) is 1. The van der Waals surface area contributed by atoms with Crippen LogP contribution in [0.2, 0.25) is 5.02 Å². The van der Waals surface area contributed by atoms with Crippen LogP contribution in [0.4, 0.5) is 0 Å². The van der Waals surface area contributed by atoms with Crippen LogP contribution in [0, 0.1) is 13.8 Å². The summed E-state index contributed by atoms with van der Waals surface area (Å²) in [6.07, 6.45) is 0. The zero-order chi connectivity index (χ0) is 15.1. The highest BCUT2D eigenvalue weighted by Crippen LogP contribution is 2.21. The van der Waals surface area contributed by atoms with E-state index in [1.807, 2.05) is 13.0 Å². The number of benzene rings is 1. The van der Waals surface area contributed by atoms with Crippen LogP contribution in [0.15, 0.2) is 29.1 Å². The first-order valence-electron chi connectivity index (χ1n) is 6.30. The Bertz CT molecular complexity index is 715. The Balaban J connectivity index is 2.75. The van der Waals surface area contributed by atoms with Gasteiger partial charge in [-0.15, -0.1) is 0 Å². The third kappa shape index (κ3) is 2.76. The van der Waals surface area contributed by atoms with E-state index in [0.717, 1.165) is 11.3 Å². The zero-order valence-corrected chi connectivity index (χ0v) is 12.7. The average Bonchev–Trinajstić information content (AvgIpc) is 2.31. The van der Waals surface area contributed by atoms with Gasteiger partial charge in [-0.2, -0.15) is 5.10 Å². The zero-order valence-electron chi connectivity index (χ0n) is 11.9. The van der Waals surface area contributed by atoms with E-state index in [0.29, 0.717) is 10.7 Å². The van der Waals surface area contributed by atoms with Crippen molar-refractivity contribution in [1.29, 1.82) is 0 Å². The number of hydrogen-bond acceptors (Lipinski definition) is 3. The minimum atomic E-state index is -1.29. The molecule has 0 atom stereocenters. The highest BCUT2D eigenvalue weighted by molar-refractivity contribution is 6.30. The maximum atomic E-state index is 12.0. The van der Waals surface area contributed by atoms with Crippen LogP contribution in [-0.4, -0.2) is 14.9 Å². The molecule has 106 valence electrons. The number of aromatic nitrogens is 2. The average molecular weight is 293 g/mol. The van der Waals surface area contributed by atoms with Crippen LogP contribution in [-0.2, 0) is 5.60 Å². The van der Waals surface area contributed by atoms with Gasteiger partial charge in [-0.05, 0) is 45.4 Å². The van der Waals surface area contributed by atoms with Crippen molar-refractivity contribution in [3.8, 4) is 5.69 Å². The minimum Gasteiger partial charge on any atom is -0.384 e. The summed E-state index contributed by atoms with van der Waals surface area (Å²) in [6, 6.07) is 6.95. The van der Waals surface area contributed by atoms with Crippen molar-refractivity contribution in [2.45, 2.75) is 33.3 Å². The first-order chi connectivity index (χ1) is 9.20. The van der Waals surface area contributed by atoms with Crippen LogP contribution in [0.3, 0.4) is 0 Å². The molecule has 1 aromatic heterocycles. The van der Waals surface area contributed by atoms with Gasteiger partial charge in [0.05, 0.1) is 5.69 Å². The Morgan fingerprint density at radius 2 is 1.90 bits per heavy atom. The van der Waals surface area contributed by atoms with E-state index < -0.39 is 5.60 Å². The number of aliphatic hydroxyl groups is 1. The molecule has 0 aliphatic rings. The molecule has 0 unspecified atom stereocenters. The van der Waals surface area contributed by atoms with Crippen molar-refractivity contribution in [2.24, 2.45) is 0 Å². The largest absolute Gasteiger partial charge is 0.384 e. The molecule has 1 heterocycles. The van der Waals surface area contributed by atoms with Gasteiger partial charge in [0.15, 0.2) is 0 Å². The van der Waals surface area contributed by atoms with Crippen molar-refractivity contribution in [3.63, 3.8) is 0 Å². The van der Waals surface area contributed by atoms with Crippen molar-refractivity contribution >= 4 is 11.6 Å². The Morgan fingerprint density at radius 1 is 1.25 bits per heavy atom. The molecule has 0 saturated heterocycles. The lowest BCUT2D eigenvalue weighted by molar-refractivity contribution is 0.0709. The van der Waals surface area contributed by atoms with Crippen molar-refractivity contribution in [3.05, 3.63) is 56.5 Å². The molecule has 5 heteroatoms. The number of aryl methyl sites for hydroxylation is 2. The molecule has 20 heavy (non-hydrogen) atoms. The molecule has 0 bridgehead atoms. The second-order valence-electron chi connectivity index (χ2n) is 5.40. The van der Waals surface area contributed by atoms with E-state index in [9.17, 15) is 9.90 Å². The van der Waals surface area contributed by atoms with Crippen molar-refractivity contribution in [1.82, 2.24) is 9.78 Å². The first-order valence-corrected chi connectivity index (χ1v) is 6.68. The summed E-state index contributed by atoms with van der Waals surface area (Å²) < 4.78 is 1.63. The summed E-state index contributed by atoms with van der Waals surface area (Å²) in [5.41, 5.74) is 1.01. The molecule has 0 fully saturated rings. The summed E-state index contributed by atoms with van der Waals surface area (Å²) >= 11 is 6.03. The minimum absolute atomic E-state index is 0.113. The smallest absolute Gasteiger partial charge is 0.206 e. The summed E-state index contributed by atoms with van der Waals surface area (Å²) in [5.74, 6) is 0. The molecule has 2 aromatic rings. The monoisotopic (exact) mass is 292 g/mol. The Kier molecular flexibility index (Phi) is 3.71. The second kappa shape index (κ2) is 5.04. The summed E-state index contributed by atoms with van der Waals surface area (Å²) in [6.45, 7) is 6.82. The Hall–Kier alpha value is -1.65. The molecule has 2 rings (SSSR count). The fourth-order valence-corrected chi connectivity index (χ4v) is 2.19. The lowest BCUT2D eigenvalue weighted by atomic mass is 10.0. The molecule has 0 spiro atoms. The third-order valence-electron chi connectivity index (χ3n) is 3.09. The van der Waals surface area contributed by atoms with Crippen molar-refractivity contribution < 1.29 is 5.11 Å². The highest BCUT2D eigenvalue weighted by Gasteiger charge is 2.23. The molecule has 0 aliphatic heterocycles. The molecule has 1 aromatic carbocycles. The number of rotatable bonds is 2. The lowest BCUT2D eigenvalue weighted by Gasteiger charge is -2.19. The van der Waals surface area contributed by atoms with E-state index in [1.165, 1.54) is 6.07 Å². The first kappa shape index (κ1) is 14.8. The van der Waals surface area contributed by atoms with Gasteiger partial charge >= 0.3 is 0 Å². The normalized spacial score (nSPS) is 11.7. The predicted octanol–water partition coefficient (Wildman–Crippen LogP) is 2.73. The van der Waals surface area contributed by atoms with Gasteiger partial charge in [0.2, 0.25) is 5.43 Å². The van der Waals surface area contributed by atoms with Gasteiger partial charge in [-0.25, -0.2) is 4.68 Å². The Labute approximate surface area is 122 Å². The van der Waals surface area contributed by atoms with E-state index in [1.54, 1.807) is 37.6 Å². The standard InChI is InChI=1S/C15H17ClN2O2/c1-9-5-6-11(16)8-12(9)18-10(2)7-13(19)14(17-18)15(3,4)20/h5-8,20H,1-4H3. The van der Waals surface area contributed by atoms with Gasteiger partial charge in [-0.1, -0.05) is 17.7 Å². The summed E-state index contributed by atoms with van der Waals surface area (Å²) in [7, 11) is 0. The molecular weight excluding hydrogens is 276 g/mol. The number of nitrogens with zero attached hydrogens (tertiary/aromatic N) is 2. The van der Waals surface area contributed by atoms with Crippen LogP contribution in [0.5, 0.6) is 0 Å². The van der Waals surface area contributed by atoms with Gasteiger partial charge in [0.25, 0.3) is 0 Å². The van der Waals surface area contributed by atoms with Crippen LogP contribution in [0.25, 0.3) is 5.69 Å². The summed E-state index contributed by atoms with van der Waals surface area (Å²) in [4.78, 5) is 12.0. The van der Waals surface area contributed by atoms with Gasteiger partial charge < -0.3 is 5.11 Å². The molecular formula is C15H17ClN2O2. The van der Waals surface area contributed by atoms with Gasteiger partial charge in [0.1, 0.15) is 11.3 Å². The number of halogens is 1. The summed E-state index contributed by atoms with van der Waals surface area (Å²) in [5, 5.41) is 15.0. The molecule has 4 nitrogen and oxygen atoms in total. The quantitative estimate of drug-likeness (QED) is 0.926. The van der Waals surface area contributed by atoms with E-state index in [2.05, 4.69) is 5.10 Å². The van der Waals surface area contributed by atoms with Crippen LogP contribution < -0.4 is 5.43 Å². The van der Waals surface area contributed by atoms with Gasteiger partial charge in [0, 0.05) is 16.8 Å². The molecule has 0 radical (unpaired) electrons. The third-order valence-corrected chi connectivity index (χ3v) is 3.32. The van der Waals surface area contributed by atoms with E-state index in [-0.39, 0.29) is 11.1 Å². The molecule has 0 amide bonds. The van der Waals surface area contributed by atoms with E-state index in [4.69, 9.17) is 11.6 Å².